The number of halogens is 2. The summed E-state index contributed by atoms with van der Waals surface area (Å²) in [7, 11) is 0. The maximum absolute atomic E-state index is 13.2. The molecule has 2 heterocycles. The molecule has 1 atom stereocenters. The molecular formula is C26H23ClFN3O2. The van der Waals surface area contributed by atoms with Crippen LogP contribution in [0.15, 0.2) is 72.8 Å². The number of para-hydroxylation sites is 2. The van der Waals surface area contributed by atoms with E-state index in [0.29, 0.717) is 37.7 Å². The summed E-state index contributed by atoms with van der Waals surface area (Å²) in [5.41, 5.74) is 2.84. The Labute approximate surface area is 196 Å². The van der Waals surface area contributed by atoms with Gasteiger partial charge >= 0.3 is 0 Å². The van der Waals surface area contributed by atoms with Gasteiger partial charge in [-0.1, -0.05) is 35.9 Å². The average molecular weight is 464 g/mol. The number of carbonyl (C=O) groups is 1. The van der Waals surface area contributed by atoms with Crippen molar-refractivity contribution in [3.63, 3.8) is 0 Å². The molecule has 1 unspecified atom stereocenters. The molecule has 1 aliphatic heterocycles. The van der Waals surface area contributed by atoms with Crippen molar-refractivity contribution in [1.29, 1.82) is 0 Å². The van der Waals surface area contributed by atoms with Gasteiger partial charge in [0, 0.05) is 30.5 Å². The van der Waals surface area contributed by atoms with Crippen LogP contribution >= 0.6 is 11.6 Å². The summed E-state index contributed by atoms with van der Waals surface area (Å²) < 4.78 is 21.3. The van der Waals surface area contributed by atoms with Crippen LogP contribution in [-0.2, 0) is 17.9 Å². The van der Waals surface area contributed by atoms with Gasteiger partial charge in [-0.3, -0.25) is 4.79 Å². The van der Waals surface area contributed by atoms with E-state index in [-0.39, 0.29) is 17.6 Å². The molecule has 0 saturated carbocycles. The molecule has 1 amide bonds. The Kier molecular flexibility index (Phi) is 6.01. The van der Waals surface area contributed by atoms with Crippen LogP contribution in [0.1, 0.15) is 23.7 Å². The lowest BCUT2D eigenvalue weighted by atomic mass is 10.1. The van der Waals surface area contributed by atoms with Gasteiger partial charge in [-0.05, 0) is 54.1 Å². The monoisotopic (exact) mass is 463 g/mol. The molecule has 0 aliphatic carbocycles. The molecule has 5 rings (SSSR count). The number of likely N-dealkylation sites (tertiary alicyclic amines) is 1. The normalized spacial score (nSPS) is 16.0. The first-order valence-corrected chi connectivity index (χ1v) is 11.3. The maximum Gasteiger partial charge on any atom is 0.223 e. The smallest absolute Gasteiger partial charge is 0.223 e. The number of nitrogens with zero attached hydrogens (tertiary/aromatic N) is 3. The highest BCUT2D eigenvalue weighted by Gasteiger charge is 2.34. The van der Waals surface area contributed by atoms with Gasteiger partial charge in [0.25, 0.3) is 0 Å². The second-order valence-corrected chi connectivity index (χ2v) is 8.65. The molecule has 5 nitrogen and oxygen atoms in total. The van der Waals surface area contributed by atoms with E-state index in [1.165, 1.54) is 12.1 Å². The van der Waals surface area contributed by atoms with Crippen LogP contribution < -0.4 is 4.74 Å². The fraction of sp³-hybridized carbons (Fsp3) is 0.231. The molecule has 1 fully saturated rings. The molecule has 168 valence electrons. The van der Waals surface area contributed by atoms with Gasteiger partial charge in [-0.15, -0.1) is 0 Å². The van der Waals surface area contributed by atoms with Crippen LogP contribution in [0.2, 0.25) is 5.02 Å². The standard InChI is InChI=1S/C26H23ClFN3O2/c27-20-7-11-22(12-8-20)33-14-13-31-24-4-2-1-3-23(24)29-26(31)19-15-25(32)30(17-19)16-18-5-9-21(28)10-6-18/h1-12,19H,13-17H2. The number of imidazole rings is 1. The summed E-state index contributed by atoms with van der Waals surface area (Å²) in [4.78, 5) is 19.5. The van der Waals surface area contributed by atoms with Crippen LogP contribution in [0.4, 0.5) is 4.39 Å². The Morgan fingerprint density at radius 3 is 2.58 bits per heavy atom. The summed E-state index contributed by atoms with van der Waals surface area (Å²) >= 11 is 5.95. The zero-order valence-corrected chi connectivity index (χ0v) is 18.7. The van der Waals surface area contributed by atoms with Crippen molar-refractivity contribution in [3.05, 3.63) is 95.0 Å². The topological polar surface area (TPSA) is 47.4 Å². The van der Waals surface area contributed by atoms with Crippen LogP contribution in [-0.4, -0.2) is 33.5 Å². The minimum Gasteiger partial charge on any atom is -0.492 e. The SMILES string of the molecule is O=C1CC(c2nc3ccccc3n2CCOc2ccc(Cl)cc2)CN1Cc1ccc(F)cc1. The van der Waals surface area contributed by atoms with Crippen molar-refractivity contribution in [2.24, 2.45) is 0 Å². The van der Waals surface area contributed by atoms with Crippen molar-refractivity contribution in [1.82, 2.24) is 14.5 Å². The van der Waals surface area contributed by atoms with Crippen LogP contribution in [0.3, 0.4) is 0 Å². The third-order valence-electron chi connectivity index (χ3n) is 5.95. The fourth-order valence-electron chi connectivity index (χ4n) is 4.33. The molecular weight excluding hydrogens is 441 g/mol. The van der Waals surface area contributed by atoms with Crippen molar-refractivity contribution >= 4 is 28.5 Å². The Balaban J connectivity index is 1.34. The molecule has 33 heavy (non-hydrogen) atoms. The molecule has 1 aromatic heterocycles. The summed E-state index contributed by atoms with van der Waals surface area (Å²) in [6.45, 7) is 2.13. The fourth-order valence-corrected chi connectivity index (χ4v) is 4.46. The summed E-state index contributed by atoms with van der Waals surface area (Å²) in [5.74, 6) is 1.44. The summed E-state index contributed by atoms with van der Waals surface area (Å²) in [6.07, 6.45) is 0.405. The van der Waals surface area contributed by atoms with Gasteiger partial charge in [0.15, 0.2) is 0 Å². The van der Waals surface area contributed by atoms with E-state index in [1.807, 2.05) is 41.3 Å². The lowest BCUT2D eigenvalue weighted by Gasteiger charge is -2.17. The van der Waals surface area contributed by atoms with Gasteiger partial charge in [-0.25, -0.2) is 9.37 Å². The zero-order valence-electron chi connectivity index (χ0n) is 18.0. The number of aromatic nitrogens is 2. The van der Waals surface area contributed by atoms with E-state index in [9.17, 15) is 9.18 Å². The quantitative estimate of drug-likeness (QED) is 0.367. The molecule has 0 bridgehead atoms. The summed E-state index contributed by atoms with van der Waals surface area (Å²) in [6, 6.07) is 21.6. The van der Waals surface area contributed by atoms with E-state index >= 15 is 0 Å². The van der Waals surface area contributed by atoms with Crippen molar-refractivity contribution in [3.8, 4) is 5.75 Å². The number of ether oxygens (including phenoxy) is 1. The molecule has 1 aliphatic rings. The number of fused-ring (bicyclic) bond motifs is 1. The molecule has 1 saturated heterocycles. The highest BCUT2D eigenvalue weighted by Crippen LogP contribution is 2.31. The number of carbonyl (C=O) groups excluding carboxylic acids is 1. The van der Waals surface area contributed by atoms with Crippen LogP contribution in [0.25, 0.3) is 11.0 Å². The minimum absolute atomic E-state index is 0.0131. The number of amides is 1. The third kappa shape index (κ3) is 4.71. The van der Waals surface area contributed by atoms with Gasteiger partial charge in [0.05, 0.1) is 17.6 Å². The highest BCUT2D eigenvalue weighted by molar-refractivity contribution is 6.30. The minimum atomic E-state index is -0.279. The van der Waals surface area contributed by atoms with E-state index < -0.39 is 0 Å². The number of hydrogen-bond acceptors (Lipinski definition) is 3. The Hall–Kier alpha value is -3.38. The van der Waals surface area contributed by atoms with E-state index in [4.69, 9.17) is 21.3 Å². The molecule has 0 N–H and O–H groups in total. The lowest BCUT2D eigenvalue weighted by Crippen LogP contribution is -2.24. The molecule has 7 heteroatoms. The van der Waals surface area contributed by atoms with Gasteiger partial charge in [-0.2, -0.15) is 0 Å². The Morgan fingerprint density at radius 1 is 1.03 bits per heavy atom. The predicted octanol–water partition coefficient (Wildman–Crippen LogP) is 5.42. The highest BCUT2D eigenvalue weighted by atomic mass is 35.5. The third-order valence-corrected chi connectivity index (χ3v) is 6.20. The first-order chi connectivity index (χ1) is 16.1. The molecule has 0 radical (unpaired) electrons. The second kappa shape index (κ2) is 9.24. The summed E-state index contributed by atoms with van der Waals surface area (Å²) in [5, 5.41) is 0.668. The lowest BCUT2D eigenvalue weighted by molar-refractivity contribution is -0.128. The van der Waals surface area contributed by atoms with Crippen LogP contribution in [0, 0.1) is 5.82 Å². The van der Waals surface area contributed by atoms with E-state index in [1.54, 1.807) is 24.3 Å². The number of hydrogen-bond donors (Lipinski definition) is 0. The van der Waals surface area contributed by atoms with E-state index in [0.717, 1.165) is 28.2 Å². The van der Waals surface area contributed by atoms with Crippen LogP contribution in [0.5, 0.6) is 5.75 Å². The second-order valence-electron chi connectivity index (χ2n) is 8.21. The van der Waals surface area contributed by atoms with Crippen molar-refractivity contribution in [2.45, 2.75) is 25.4 Å². The number of rotatable bonds is 7. The van der Waals surface area contributed by atoms with Gasteiger partial charge < -0.3 is 14.2 Å². The maximum atomic E-state index is 13.2. The van der Waals surface area contributed by atoms with Crippen molar-refractivity contribution in [2.75, 3.05) is 13.2 Å². The Bertz CT molecular complexity index is 1270. The van der Waals surface area contributed by atoms with Gasteiger partial charge in [0.2, 0.25) is 5.91 Å². The van der Waals surface area contributed by atoms with E-state index in [2.05, 4.69) is 4.57 Å². The largest absolute Gasteiger partial charge is 0.492 e. The molecule has 4 aromatic rings. The first-order valence-electron chi connectivity index (χ1n) is 10.9. The molecule has 3 aromatic carbocycles. The average Bonchev–Trinajstić information content (AvgIpc) is 3.37. The van der Waals surface area contributed by atoms with Gasteiger partial charge in [0.1, 0.15) is 24.0 Å². The zero-order chi connectivity index (χ0) is 22.8. The first kappa shape index (κ1) is 21.5. The molecule has 0 spiro atoms. The number of benzene rings is 3. The predicted molar refractivity (Wildman–Crippen MR) is 126 cm³/mol. The van der Waals surface area contributed by atoms with Crippen molar-refractivity contribution < 1.29 is 13.9 Å². The Morgan fingerprint density at radius 2 is 1.79 bits per heavy atom.